The van der Waals surface area contributed by atoms with E-state index in [1.807, 2.05) is 6.92 Å². The average Bonchev–Trinajstić information content (AvgIpc) is 2.28. The summed E-state index contributed by atoms with van der Waals surface area (Å²) in [5, 5.41) is 0. The van der Waals surface area contributed by atoms with Crippen LogP contribution in [-0.4, -0.2) is 20.3 Å². The summed E-state index contributed by atoms with van der Waals surface area (Å²) in [6.45, 7) is 1.92. The van der Waals surface area contributed by atoms with Gasteiger partial charge in [-0.05, 0) is 31.5 Å². The molecule has 0 aromatic heterocycles. The predicted octanol–water partition coefficient (Wildman–Crippen LogP) is 2.26. The van der Waals surface area contributed by atoms with E-state index < -0.39 is 0 Å². The zero-order valence-electron chi connectivity index (χ0n) is 9.87. The fraction of sp³-hybridized carbons (Fsp3) is 0.500. The molecule has 0 spiro atoms. The lowest BCUT2D eigenvalue weighted by Crippen LogP contribution is -2.19. The van der Waals surface area contributed by atoms with Crippen LogP contribution in [0.2, 0.25) is 0 Å². The summed E-state index contributed by atoms with van der Waals surface area (Å²) in [5.74, 6) is 0.300. The number of methoxy groups -OCH3 is 2. The Morgan fingerprint density at radius 1 is 1.38 bits per heavy atom. The molecule has 2 atom stereocenters. The fourth-order valence-corrected chi connectivity index (χ4v) is 1.58. The lowest BCUT2D eigenvalue weighted by atomic mass is 10.0. The molecule has 2 N–H and O–H groups in total. The molecule has 0 aliphatic rings. The third kappa shape index (κ3) is 3.18. The third-order valence-electron chi connectivity index (χ3n) is 2.58. The van der Waals surface area contributed by atoms with Gasteiger partial charge in [-0.25, -0.2) is 4.39 Å². The Morgan fingerprint density at radius 2 is 2.06 bits per heavy atom. The molecule has 0 bridgehead atoms. The molecular weight excluding hydrogens is 209 g/mol. The van der Waals surface area contributed by atoms with Gasteiger partial charge in [-0.2, -0.15) is 0 Å². The largest absolute Gasteiger partial charge is 0.496 e. The Labute approximate surface area is 95.4 Å². The minimum Gasteiger partial charge on any atom is -0.496 e. The van der Waals surface area contributed by atoms with Crippen molar-refractivity contribution in [2.24, 2.45) is 5.73 Å². The Kier molecular flexibility index (Phi) is 4.71. The third-order valence-corrected chi connectivity index (χ3v) is 2.58. The monoisotopic (exact) mass is 227 g/mol. The van der Waals surface area contributed by atoms with E-state index in [4.69, 9.17) is 15.2 Å². The van der Waals surface area contributed by atoms with Crippen molar-refractivity contribution in [3.63, 3.8) is 0 Å². The molecule has 1 aromatic carbocycles. The molecule has 0 aliphatic heterocycles. The molecule has 3 nitrogen and oxygen atoms in total. The molecule has 16 heavy (non-hydrogen) atoms. The van der Waals surface area contributed by atoms with Crippen LogP contribution in [0, 0.1) is 5.82 Å². The van der Waals surface area contributed by atoms with Crippen LogP contribution >= 0.6 is 0 Å². The van der Waals surface area contributed by atoms with Crippen LogP contribution in [-0.2, 0) is 4.74 Å². The van der Waals surface area contributed by atoms with Crippen LogP contribution in [0.3, 0.4) is 0 Å². The van der Waals surface area contributed by atoms with Crippen molar-refractivity contribution in [1.82, 2.24) is 0 Å². The minimum atomic E-state index is -0.309. The van der Waals surface area contributed by atoms with Crippen LogP contribution in [0.4, 0.5) is 4.39 Å². The first kappa shape index (κ1) is 12.9. The smallest absolute Gasteiger partial charge is 0.123 e. The van der Waals surface area contributed by atoms with Gasteiger partial charge in [-0.1, -0.05) is 0 Å². The first-order valence-electron chi connectivity index (χ1n) is 5.20. The Hall–Kier alpha value is -1.13. The molecule has 1 rings (SSSR count). The maximum Gasteiger partial charge on any atom is 0.123 e. The number of ether oxygens (including phenoxy) is 2. The number of halogens is 1. The van der Waals surface area contributed by atoms with E-state index in [1.54, 1.807) is 20.3 Å². The molecule has 0 saturated carbocycles. The molecule has 4 heteroatoms. The van der Waals surface area contributed by atoms with Crippen molar-refractivity contribution in [2.45, 2.75) is 25.5 Å². The van der Waals surface area contributed by atoms with Gasteiger partial charge in [-0.15, -0.1) is 0 Å². The Balaban J connectivity index is 2.88. The van der Waals surface area contributed by atoms with Crippen molar-refractivity contribution < 1.29 is 13.9 Å². The second kappa shape index (κ2) is 5.82. The van der Waals surface area contributed by atoms with Gasteiger partial charge in [0.25, 0.3) is 0 Å². The number of rotatable bonds is 5. The fourth-order valence-electron chi connectivity index (χ4n) is 1.58. The Bertz CT molecular complexity index is 344. The molecular formula is C12H18FNO2. The van der Waals surface area contributed by atoms with Gasteiger partial charge in [0.1, 0.15) is 11.6 Å². The molecule has 1 aromatic rings. The second-order valence-corrected chi connectivity index (χ2v) is 3.77. The van der Waals surface area contributed by atoms with E-state index in [0.717, 1.165) is 0 Å². The van der Waals surface area contributed by atoms with Gasteiger partial charge in [-0.3, -0.25) is 0 Å². The summed E-state index contributed by atoms with van der Waals surface area (Å²) in [7, 11) is 3.17. The highest BCUT2D eigenvalue weighted by Crippen LogP contribution is 2.27. The van der Waals surface area contributed by atoms with Gasteiger partial charge >= 0.3 is 0 Å². The number of hydrogen-bond donors (Lipinski definition) is 1. The summed E-state index contributed by atoms with van der Waals surface area (Å²) in [4.78, 5) is 0. The standard InChI is InChI=1S/C12H18FNO2/c1-8(15-2)6-11(14)10-7-9(13)4-5-12(10)16-3/h4-5,7-8,11H,6,14H2,1-3H3. The van der Waals surface area contributed by atoms with Crippen LogP contribution < -0.4 is 10.5 Å². The van der Waals surface area contributed by atoms with Gasteiger partial charge in [0.15, 0.2) is 0 Å². The highest BCUT2D eigenvalue weighted by atomic mass is 19.1. The van der Waals surface area contributed by atoms with E-state index in [1.165, 1.54) is 12.1 Å². The van der Waals surface area contributed by atoms with Crippen LogP contribution in [0.5, 0.6) is 5.75 Å². The van der Waals surface area contributed by atoms with Gasteiger partial charge < -0.3 is 15.2 Å². The molecule has 2 unspecified atom stereocenters. The van der Waals surface area contributed by atoms with Gasteiger partial charge in [0, 0.05) is 18.7 Å². The van der Waals surface area contributed by atoms with Crippen molar-refractivity contribution in [3.8, 4) is 5.75 Å². The highest BCUT2D eigenvalue weighted by molar-refractivity contribution is 5.36. The lowest BCUT2D eigenvalue weighted by molar-refractivity contribution is 0.104. The van der Waals surface area contributed by atoms with Crippen molar-refractivity contribution >= 4 is 0 Å². The van der Waals surface area contributed by atoms with Gasteiger partial charge in [0.2, 0.25) is 0 Å². The minimum absolute atomic E-state index is 0.0305. The van der Waals surface area contributed by atoms with E-state index in [0.29, 0.717) is 17.7 Å². The molecule has 90 valence electrons. The summed E-state index contributed by atoms with van der Waals surface area (Å²) in [6, 6.07) is 4.06. The summed E-state index contributed by atoms with van der Waals surface area (Å²) < 4.78 is 23.4. The molecule has 0 saturated heterocycles. The van der Waals surface area contributed by atoms with Gasteiger partial charge in [0.05, 0.1) is 13.2 Å². The summed E-state index contributed by atoms with van der Waals surface area (Å²) in [5.41, 5.74) is 6.66. The SMILES string of the molecule is COc1ccc(F)cc1C(N)CC(C)OC. The van der Waals surface area contributed by atoms with Crippen LogP contribution in [0.25, 0.3) is 0 Å². The first-order valence-corrected chi connectivity index (χ1v) is 5.20. The first-order chi connectivity index (χ1) is 7.58. The normalized spacial score (nSPS) is 14.6. The van der Waals surface area contributed by atoms with Crippen LogP contribution in [0.15, 0.2) is 18.2 Å². The maximum atomic E-state index is 13.1. The van der Waals surface area contributed by atoms with E-state index >= 15 is 0 Å². The van der Waals surface area contributed by atoms with Crippen molar-refractivity contribution in [2.75, 3.05) is 14.2 Å². The topological polar surface area (TPSA) is 44.5 Å². The summed E-state index contributed by atoms with van der Waals surface area (Å²) in [6.07, 6.45) is 0.652. The highest BCUT2D eigenvalue weighted by Gasteiger charge is 2.15. The molecule has 0 fully saturated rings. The zero-order chi connectivity index (χ0) is 12.1. The average molecular weight is 227 g/mol. The number of benzene rings is 1. The number of hydrogen-bond acceptors (Lipinski definition) is 3. The van der Waals surface area contributed by atoms with E-state index in [-0.39, 0.29) is 18.0 Å². The molecule has 0 aliphatic carbocycles. The molecule has 0 amide bonds. The second-order valence-electron chi connectivity index (χ2n) is 3.77. The zero-order valence-corrected chi connectivity index (χ0v) is 9.87. The van der Waals surface area contributed by atoms with Crippen molar-refractivity contribution in [1.29, 1.82) is 0 Å². The van der Waals surface area contributed by atoms with E-state index in [2.05, 4.69) is 0 Å². The van der Waals surface area contributed by atoms with E-state index in [9.17, 15) is 4.39 Å². The predicted molar refractivity (Wildman–Crippen MR) is 61.0 cm³/mol. The maximum absolute atomic E-state index is 13.1. The molecule has 0 heterocycles. The molecule has 0 radical (unpaired) electrons. The lowest BCUT2D eigenvalue weighted by Gasteiger charge is -2.18. The summed E-state index contributed by atoms with van der Waals surface area (Å²) >= 11 is 0. The number of nitrogens with two attached hydrogens (primary N) is 1. The quantitative estimate of drug-likeness (QED) is 0.839. The Morgan fingerprint density at radius 3 is 2.62 bits per heavy atom. The van der Waals surface area contributed by atoms with Crippen molar-refractivity contribution in [3.05, 3.63) is 29.6 Å². The van der Waals surface area contributed by atoms with Crippen LogP contribution in [0.1, 0.15) is 24.9 Å².